The Balaban J connectivity index is 1.66. The second-order valence-corrected chi connectivity index (χ2v) is 6.33. The molecule has 0 amide bonds. The van der Waals surface area contributed by atoms with Crippen molar-refractivity contribution in [2.45, 2.75) is 51.4 Å². The summed E-state index contributed by atoms with van der Waals surface area (Å²) in [6, 6.07) is 4.74. The fourth-order valence-corrected chi connectivity index (χ4v) is 3.42. The summed E-state index contributed by atoms with van der Waals surface area (Å²) in [5, 5.41) is 12.1. The van der Waals surface area contributed by atoms with E-state index < -0.39 is 0 Å². The number of aliphatic hydroxyl groups is 1. The Morgan fingerprint density at radius 1 is 1.53 bits per heavy atom. The van der Waals surface area contributed by atoms with Crippen LogP contribution in [0, 0.1) is 0 Å². The first-order valence-electron chi connectivity index (χ1n) is 7.32. The second-order valence-electron chi connectivity index (χ2n) is 5.30. The first-order valence-corrected chi connectivity index (χ1v) is 8.19. The lowest BCUT2D eigenvalue weighted by molar-refractivity contribution is -0.00315. The number of likely N-dealkylation sites (tertiary alicyclic amines) is 1. The zero-order valence-corrected chi connectivity index (χ0v) is 12.6. The summed E-state index contributed by atoms with van der Waals surface area (Å²) in [5.41, 5.74) is 0. The van der Waals surface area contributed by atoms with Crippen molar-refractivity contribution in [3.8, 4) is 0 Å². The van der Waals surface area contributed by atoms with Crippen LogP contribution in [0.2, 0.25) is 0 Å². The summed E-state index contributed by atoms with van der Waals surface area (Å²) in [6.07, 6.45) is 4.69. The number of aliphatic hydroxyl groups excluding tert-OH is 1. The second kappa shape index (κ2) is 8.00. The van der Waals surface area contributed by atoms with Crippen LogP contribution < -0.4 is 0 Å². The van der Waals surface area contributed by atoms with Gasteiger partial charge >= 0.3 is 0 Å². The van der Waals surface area contributed by atoms with Crippen LogP contribution in [0.1, 0.15) is 37.5 Å². The number of rotatable bonds is 7. The SMILES string of the molecule is CCC1CCCCN1CC(O)COCc1cccs1. The highest BCUT2D eigenvalue weighted by molar-refractivity contribution is 7.09. The molecule has 2 rings (SSSR count). The van der Waals surface area contributed by atoms with E-state index in [1.165, 1.54) is 30.6 Å². The van der Waals surface area contributed by atoms with Crippen molar-refractivity contribution in [3.05, 3.63) is 22.4 Å². The van der Waals surface area contributed by atoms with E-state index in [9.17, 15) is 5.11 Å². The maximum absolute atomic E-state index is 10.1. The Hall–Kier alpha value is -0.420. The quantitative estimate of drug-likeness (QED) is 0.835. The first kappa shape index (κ1) is 15.0. The maximum Gasteiger partial charge on any atom is 0.0900 e. The third-order valence-corrected chi connectivity index (χ3v) is 4.65. The van der Waals surface area contributed by atoms with Gasteiger partial charge in [-0.15, -0.1) is 11.3 Å². The number of hydrogen-bond donors (Lipinski definition) is 1. The molecular weight excluding hydrogens is 258 g/mol. The number of piperidine rings is 1. The van der Waals surface area contributed by atoms with Gasteiger partial charge in [-0.1, -0.05) is 19.4 Å². The van der Waals surface area contributed by atoms with Gasteiger partial charge in [0, 0.05) is 17.5 Å². The first-order chi connectivity index (χ1) is 9.29. The summed E-state index contributed by atoms with van der Waals surface area (Å²) in [4.78, 5) is 3.65. The number of ether oxygens (including phenoxy) is 1. The molecule has 0 saturated carbocycles. The van der Waals surface area contributed by atoms with Gasteiger partial charge < -0.3 is 9.84 Å². The largest absolute Gasteiger partial charge is 0.389 e. The van der Waals surface area contributed by atoms with E-state index in [-0.39, 0.29) is 6.10 Å². The number of hydrogen-bond acceptors (Lipinski definition) is 4. The van der Waals surface area contributed by atoms with Crippen LogP contribution in [-0.4, -0.2) is 41.8 Å². The van der Waals surface area contributed by atoms with Gasteiger partial charge in [0.2, 0.25) is 0 Å². The third-order valence-electron chi connectivity index (χ3n) is 3.80. The molecule has 0 bridgehead atoms. The summed E-state index contributed by atoms with van der Waals surface area (Å²) < 4.78 is 5.58. The fraction of sp³-hybridized carbons (Fsp3) is 0.733. The van der Waals surface area contributed by atoms with Crippen LogP contribution in [0.4, 0.5) is 0 Å². The Morgan fingerprint density at radius 2 is 2.42 bits per heavy atom. The monoisotopic (exact) mass is 283 g/mol. The maximum atomic E-state index is 10.1. The van der Waals surface area contributed by atoms with Gasteiger partial charge in [-0.2, -0.15) is 0 Å². The van der Waals surface area contributed by atoms with Crippen LogP contribution in [0.5, 0.6) is 0 Å². The van der Waals surface area contributed by atoms with Gasteiger partial charge in [0.05, 0.1) is 19.3 Å². The molecule has 1 saturated heterocycles. The highest BCUT2D eigenvalue weighted by Gasteiger charge is 2.22. The van der Waals surface area contributed by atoms with Gasteiger partial charge in [-0.25, -0.2) is 0 Å². The van der Waals surface area contributed by atoms with Crippen LogP contribution in [0.15, 0.2) is 17.5 Å². The smallest absolute Gasteiger partial charge is 0.0900 e. The molecule has 0 spiro atoms. The van der Waals surface area contributed by atoms with E-state index in [1.54, 1.807) is 11.3 Å². The zero-order chi connectivity index (χ0) is 13.5. The molecule has 2 unspecified atom stereocenters. The highest BCUT2D eigenvalue weighted by atomic mass is 32.1. The molecule has 2 atom stereocenters. The summed E-state index contributed by atoms with van der Waals surface area (Å²) in [7, 11) is 0. The Bertz CT molecular complexity index is 342. The molecule has 1 fully saturated rings. The highest BCUT2D eigenvalue weighted by Crippen LogP contribution is 2.19. The molecule has 1 N–H and O–H groups in total. The van der Waals surface area contributed by atoms with Crippen LogP contribution in [-0.2, 0) is 11.3 Å². The standard InChI is InChI=1S/C15H25NO2S/c1-2-13-6-3-4-8-16(13)10-14(17)11-18-12-15-7-5-9-19-15/h5,7,9,13-14,17H,2-4,6,8,10-12H2,1H3. The molecule has 19 heavy (non-hydrogen) atoms. The van der Waals surface area contributed by atoms with Gasteiger partial charge in [0.15, 0.2) is 0 Å². The molecule has 2 heterocycles. The molecule has 0 aliphatic carbocycles. The number of nitrogens with zero attached hydrogens (tertiary/aromatic N) is 1. The van der Waals surface area contributed by atoms with E-state index in [4.69, 9.17) is 4.74 Å². The lowest BCUT2D eigenvalue weighted by Crippen LogP contribution is -2.44. The van der Waals surface area contributed by atoms with E-state index in [1.807, 2.05) is 6.07 Å². The van der Waals surface area contributed by atoms with Crippen LogP contribution in [0.3, 0.4) is 0 Å². The van der Waals surface area contributed by atoms with Gasteiger partial charge in [0.1, 0.15) is 0 Å². The van der Waals surface area contributed by atoms with E-state index >= 15 is 0 Å². The lowest BCUT2D eigenvalue weighted by atomic mass is 10.00. The minimum atomic E-state index is -0.368. The topological polar surface area (TPSA) is 32.7 Å². The van der Waals surface area contributed by atoms with E-state index in [0.717, 1.165) is 13.1 Å². The minimum Gasteiger partial charge on any atom is -0.389 e. The number of thiophene rings is 1. The van der Waals surface area contributed by atoms with Crippen LogP contribution >= 0.6 is 11.3 Å². The molecule has 1 aromatic rings. The molecule has 0 aromatic carbocycles. The minimum absolute atomic E-state index is 0.368. The molecule has 1 aromatic heterocycles. The van der Waals surface area contributed by atoms with Gasteiger partial charge in [0.25, 0.3) is 0 Å². The number of β-amino-alcohol motifs (C(OH)–C–C–N with tert-alkyl or cyclic N) is 1. The molecule has 1 aliphatic heterocycles. The van der Waals surface area contributed by atoms with E-state index in [2.05, 4.69) is 23.3 Å². The Morgan fingerprint density at radius 3 is 3.16 bits per heavy atom. The molecule has 1 aliphatic rings. The molecule has 3 nitrogen and oxygen atoms in total. The van der Waals surface area contributed by atoms with Gasteiger partial charge in [-0.05, 0) is 37.3 Å². The molecule has 108 valence electrons. The summed E-state index contributed by atoms with van der Waals surface area (Å²) >= 11 is 1.70. The summed E-state index contributed by atoms with van der Waals surface area (Å²) in [6.45, 7) is 5.17. The molecule has 0 radical (unpaired) electrons. The van der Waals surface area contributed by atoms with Crippen molar-refractivity contribution in [1.29, 1.82) is 0 Å². The summed E-state index contributed by atoms with van der Waals surface area (Å²) in [5.74, 6) is 0. The predicted octanol–water partition coefficient (Wildman–Crippen LogP) is 2.89. The Kier molecular flexibility index (Phi) is 6.31. The molecular formula is C15H25NO2S. The third kappa shape index (κ3) is 4.88. The fourth-order valence-electron chi connectivity index (χ4n) is 2.78. The average molecular weight is 283 g/mol. The van der Waals surface area contributed by atoms with Crippen molar-refractivity contribution in [2.75, 3.05) is 19.7 Å². The zero-order valence-electron chi connectivity index (χ0n) is 11.8. The lowest BCUT2D eigenvalue weighted by Gasteiger charge is -2.36. The average Bonchev–Trinajstić information content (AvgIpc) is 2.92. The van der Waals surface area contributed by atoms with Crippen molar-refractivity contribution in [3.63, 3.8) is 0 Å². The van der Waals surface area contributed by atoms with Crippen molar-refractivity contribution in [1.82, 2.24) is 4.90 Å². The Labute approximate surface area is 120 Å². The van der Waals surface area contributed by atoms with Crippen LogP contribution in [0.25, 0.3) is 0 Å². The normalized spacial score (nSPS) is 22.5. The van der Waals surface area contributed by atoms with Crippen molar-refractivity contribution >= 4 is 11.3 Å². The van der Waals surface area contributed by atoms with E-state index in [0.29, 0.717) is 19.3 Å². The predicted molar refractivity (Wildman–Crippen MR) is 79.5 cm³/mol. The van der Waals surface area contributed by atoms with Crippen molar-refractivity contribution < 1.29 is 9.84 Å². The van der Waals surface area contributed by atoms with Gasteiger partial charge in [-0.3, -0.25) is 4.90 Å². The van der Waals surface area contributed by atoms with Crippen molar-refractivity contribution in [2.24, 2.45) is 0 Å². The molecule has 4 heteroatoms.